The van der Waals surface area contributed by atoms with E-state index in [9.17, 15) is 8.78 Å². The van der Waals surface area contributed by atoms with Gasteiger partial charge in [-0.15, -0.1) is 0 Å². The molecule has 0 spiro atoms. The van der Waals surface area contributed by atoms with Crippen LogP contribution in [-0.2, 0) is 13.1 Å². The van der Waals surface area contributed by atoms with Gasteiger partial charge in [0.05, 0.1) is 25.9 Å². The summed E-state index contributed by atoms with van der Waals surface area (Å²) < 4.78 is 34.6. The number of alkyl halides is 2. The molecule has 1 aromatic carbocycles. The molecule has 6 nitrogen and oxygen atoms in total. The summed E-state index contributed by atoms with van der Waals surface area (Å²) in [6.07, 6.45) is 0. The third kappa shape index (κ3) is 6.19. The van der Waals surface area contributed by atoms with Crippen LogP contribution in [0.3, 0.4) is 0 Å². The summed E-state index contributed by atoms with van der Waals surface area (Å²) in [5.41, 5.74) is 1.36. The van der Waals surface area contributed by atoms with Crippen molar-refractivity contribution >= 4 is 5.96 Å². The van der Waals surface area contributed by atoms with Gasteiger partial charge in [0.1, 0.15) is 5.75 Å². The fourth-order valence-corrected chi connectivity index (χ4v) is 2.20. The lowest BCUT2D eigenvalue weighted by Crippen LogP contribution is -2.37. The maximum absolute atomic E-state index is 12.5. The van der Waals surface area contributed by atoms with Crippen LogP contribution < -0.4 is 20.1 Å². The van der Waals surface area contributed by atoms with E-state index >= 15 is 0 Å². The van der Waals surface area contributed by atoms with Crippen molar-refractivity contribution in [1.82, 2.24) is 15.6 Å². The molecule has 0 atom stereocenters. The Balaban J connectivity index is 2.04. The van der Waals surface area contributed by atoms with Gasteiger partial charge in [0.2, 0.25) is 5.88 Å². The Morgan fingerprint density at radius 1 is 1.15 bits per heavy atom. The third-order valence-corrected chi connectivity index (χ3v) is 3.37. The van der Waals surface area contributed by atoms with E-state index in [2.05, 4.69) is 25.3 Å². The fourth-order valence-electron chi connectivity index (χ4n) is 2.20. The van der Waals surface area contributed by atoms with Crippen molar-refractivity contribution in [3.8, 4) is 11.6 Å². The van der Waals surface area contributed by atoms with Crippen LogP contribution in [0.2, 0.25) is 0 Å². The number of ether oxygens (including phenoxy) is 2. The van der Waals surface area contributed by atoms with Gasteiger partial charge in [-0.25, -0.2) is 9.98 Å². The molecule has 0 aliphatic heterocycles. The smallest absolute Gasteiger partial charge is 0.387 e. The van der Waals surface area contributed by atoms with Gasteiger partial charge in [0.25, 0.3) is 0 Å². The zero-order chi connectivity index (χ0) is 18.8. The Morgan fingerprint density at radius 2 is 1.96 bits per heavy atom. The minimum Gasteiger partial charge on any atom is -0.481 e. The van der Waals surface area contributed by atoms with Gasteiger partial charge in [-0.1, -0.05) is 24.3 Å². The monoisotopic (exact) mass is 364 g/mol. The number of pyridine rings is 1. The van der Waals surface area contributed by atoms with E-state index in [1.54, 1.807) is 31.4 Å². The molecule has 0 unspecified atom stereocenters. The molecule has 0 fully saturated rings. The van der Waals surface area contributed by atoms with Crippen LogP contribution in [0.1, 0.15) is 18.2 Å². The van der Waals surface area contributed by atoms with Crippen molar-refractivity contribution < 1.29 is 18.3 Å². The third-order valence-electron chi connectivity index (χ3n) is 3.37. The first-order valence-electron chi connectivity index (χ1n) is 8.17. The first kappa shape index (κ1) is 19.4. The lowest BCUT2D eigenvalue weighted by Gasteiger charge is -2.13. The Kier molecular flexibility index (Phi) is 7.60. The number of hydrogen-bond donors (Lipinski definition) is 2. The first-order valence-corrected chi connectivity index (χ1v) is 8.17. The zero-order valence-electron chi connectivity index (χ0n) is 14.7. The van der Waals surface area contributed by atoms with Gasteiger partial charge >= 0.3 is 6.61 Å². The van der Waals surface area contributed by atoms with Crippen molar-refractivity contribution in [3.63, 3.8) is 0 Å². The van der Waals surface area contributed by atoms with Crippen molar-refractivity contribution in [3.05, 3.63) is 53.7 Å². The van der Waals surface area contributed by atoms with E-state index in [-0.39, 0.29) is 12.3 Å². The van der Waals surface area contributed by atoms with Gasteiger partial charge in [-0.2, -0.15) is 8.78 Å². The van der Waals surface area contributed by atoms with E-state index in [1.807, 2.05) is 19.1 Å². The second-order valence-corrected chi connectivity index (χ2v) is 5.21. The molecule has 0 aliphatic carbocycles. The van der Waals surface area contributed by atoms with Gasteiger partial charge < -0.3 is 20.1 Å². The van der Waals surface area contributed by atoms with Gasteiger partial charge in [0.15, 0.2) is 5.96 Å². The molecule has 0 bridgehead atoms. The van der Waals surface area contributed by atoms with Crippen LogP contribution in [-0.4, -0.2) is 31.2 Å². The molecule has 0 aliphatic rings. The number of rotatable bonds is 8. The highest BCUT2D eigenvalue weighted by molar-refractivity contribution is 5.79. The van der Waals surface area contributed by atoms with E-state index in [4.69, 9.17) is 4.74 Å². The summed E-state index contributed by atoms with van der Waals surface area (Å²) in [5.74, 6) is 1.20. The number of nitrogens with one attached hydrogen (secondary N) is 2. The van der Waals surface area contributed by atoms with E-state index in [0.717, 1.165) is 5.69 Å². The minimum atomic E-state index is -2.87. The van der Waals surface area contributed by atoms with Crippen molar-refractivity contribution in [2.45, 2.75) is 26.6 Å². The number of methoxy groups -OCH3 is 1. The minimum absolute atomic E-state index is 0.122. The molecule has 2 N–H and O–H groups in total. The first-order chi connectivity index (χ1) is 12.6. The van der Waals surface area contributed by atoms with Crippen LogP contribution in [0.4, 0.5) is 8.78 Å². The standard InChI is InChI=1S/C18H22F2N4O2/c1-3-21-18(23-12-14-8-6-10-16(24-14)25-2)22-11-13-7-4-5-9-15(13)26-17(19)20/h4-10,17H,3,11-12H2,1-2H3,(H2,21,22,23). The Morgan fingerprint density at radius 3 is 2.69 bits per heavy atom. The lowest BCUT2D eigenvalue weighted by atomic mass is 10.2. The van der Waals surface area contributed by atoms with Gasteiger partial charge in [0, 0.05) is 18.2 Å². The molecule has 2 rings (SSSR count). The second kappa shape index (κ2) is 10.2. The number of guanidine groups is 1. The predicted molar refractivity (Wildman–Crippen MR) is 95.5 cm³/mol. The lowest BCUT2D eigenvalue weighted by molar-refractivity contribution is -0.0504. The highest BCUT2D eigenvalue weighted by Crippen LogP contribution is 2.20. The molecule has 2 aromatic rings. The maximum Gasteiger partial charge on any atom is 0.387 e. The summed E-state index contributed by atoms with van der Waals surface area (Å²) in [7, 11) is 1.56. The zero-order valence-corrected chi connectivity index (χ0v) is 14.7. The average Bonchev–Trinajstić information content (AvgIpc) is 2.65. The molecule has 8 heteroatoms. The summed E-state index contributed by atoms with van der Waals surface area (Å²) in [6, 6.07) is 12.1. The molecular weight excluding hydrogens is 342 g/mol. The fraction of sp³-hybridized carbons (Fsp3) is 0.333. The Bertz CT molecular complexity index is 726. The molecule has 0 radical (unpaired) electrons. The Labute approximate surface area is 151 Å². The molecule has 1 heterocycles. The summed E-state index contributed by atoms with van der Waals surface area (Å²) in [6.45, 7) is 0.370. The highest BCUT2D eigenvalue weighted by Gasteiger charge is 2.09. The van der Waals surface area contributed by atoms with Crippen molar-refractivity contribution in [2.75, 3.05) is 13.7 Å². The molecule has 140 valence electrons. The number of nitrogens with zero attached hydrogens (tertiary/aromatic N) is 2. The van der Waals surface area contributed by atoms with Crippen LogP contribution >= 0.6 is 0 Å². The van der Waals surface area contributed by atoms with E-state index < -0.39 is 6.61 Å². The largest absolute Gasteiger partial charge is 0.481 e. The van der Waals surface area contributed by atoms with E-state index in [0.29, 0.717) is 30.5 Å². The number of halogens is 2. The van der Waals surface area contributed by atoms with Crippen LogP contribution in [0.15, 0.2) is 47.5 Å². The molecular formula is C18H22F2N4O2. The van der Waals surface area contributed by atoms with Crippen LogP contribution in [0.5, 0.6) is 11.6 Å². The maximum atomic E-state index is 12.5. The van der Waals surface area contributed by atoms with Crippen LogP contribution in [0, 0.1) is 0 Å². The normalized spacial score (nSPS) is 11.3. The van der Waals surface area contributed by atoms with Crippen molar-refractivity contribution in [2.24, 2.45) is 4.99 Å². The molecule has 0 amide bonds. The SMILES string of the molecule is CCNC(=NCc1ccccc1OC(F)F)NCc1cccc(OC)n1. The molecule has 1 aromatic heterocycles. The highest BCUT2D eigenvalue weighted by atomic mass is 19.3. The molecule has 26 heavy (non-hydrogen) atoms. The second-order valence-electron chi connectivity index (χ2n) is 5.21. The van der Waals surface area contributed by atoms with Gasteiger partial charge in [-0.3, -0.25) is 0 Å². The molecule has 0 saturated carbocycles. The average molecular weight is 364 g/mol. The van der Waals surface area contributed by atoms with Crippen molar-refractivity contribution in [1.29, 1.82) is 0 Å². The van der Waals surface area contributed by atoms with Crippen LogP contribution in [0.25, 0.3) is 0 Å². The summed E-state index contributed by atoms with van der Waals surface area (Å²) >= 11 is 0. The van der Waals surface area contributed by atoms with E-state index in [1.165, 1.54) is 6.07 Å². The summed E-state index contributed by atoms with van der Waals surface area (Å²) in [4.78, 5) is 8.74. The number of aromatic nitrogens is 1. The topological polar surface area (TPSA) is 67.8 Å². The predicted octanol–water partition coefficient (Wildman–Crippen LogP) is 2.95. The number of aliphatic imine (C=N–C) groups is 1. The van der Waals surface area contributed by atoms with Gasteiger partial charge in [-0.05, 0) is 19.1 Å². The summed E-state index contributed by atoms with van der Waals surface area (Å²) in [5, 5.41) is 6.25. The Hall–Kier alpha value is -2.90. The quantitative estimate of drug-likeness (QED) is 0.557. The number of benzene rings is 1. The number of hydrogen-bond acceptors (Lipinski definition) is 4. The number of para-hydroxylation sites is 1. The molecule has 0 saturated heterocycles.